The van der Waals surface area contributed by atoms with Gasteiger partial charge in [0.25, 0.3) is 0 Å². The monoisotopic (exact) mass is 586 g/mol. The lowest BCUT2D eigenvalue weighted by Crippen LogP contribution is -2.32. The van der Waals surface area contributed by atoms with Crippen molar-refractivity contribution in [1.29, 1.82) is 0 Å². The summed E-state index contributed by atoms with van der Waals surface area (Å²) >= 11 is 0. The van der Waals surface area contributed by atoms with Crippen LogP contribution in [0.1, 0.15) is 58.1 Å². The van der Waals surface area contributed by atoms with Gasteiger partial charge < -0.3 is 45.4 Å². The normalized spacial score (nSPS) is 11.9. The van der Waals surface area contributed by atoms with Gasteiger partial charge in [0.1, 0.15) is 5.75 Å². The van der Waals surface area contributed by atoms with Crippen LogP contribution in [-0.2, 0) is 41.5 Å². The second-order valence-electron chi connectivity index (χ2n) is 8.66. The minimum atomic E-state index is -0.245. The first-order chi connectivity index (χ1) is 19.9. The quantitative estimate of drug-likeness (QED) is 0.184. The summed E-state index contributed by atoms with van der Waals surface area (Å²) in [5.74, 6) is 0.740. The summed E-state index contributed by atoms with van der Waals surface area (Å²) in [6.45, 7) is 14.6. The van der Waals surface area contributed by atoms with Crippen LogP contribution in [0.3, 0.4) is 0 Å². The van der Waals surface area contributed by atoms with Gasteiger partial charge in [-0.25, -0.2) is 0 Å². The first-order valence-corrected chi connectivity index (χ1v) is 14.8. The van der Waals surface area contributed by atoms with Crippen molar-refractivity contribution in [3.8, 4) is 5.75 Å². The summed E-state index contributed by atoms with van der Waals surface area (Å²) in [6, 6.07) is 6.08. The molecule has 0 radical (unpaired) electrons. The molecule has 11 nitrogen and oxygen atoms in total. The molecule has 0 spiro atoms. The third kappa shape index (κ3) is 24.1. The number of carbonyl (C=O) groups excluding carboxylic acids is 2. The van der Waals surface area contributed by atoms with Gasteiger partial charge in [0.2, 0.25) is 5.91 Å². The van der Waals surface area contributed by atoms with E-state index >= 15 is 0 Å². The fraction of sp³-hybridized carbons (Fsp3) is 0.733. The summed E-state index contributed by atoms with van der Waals surface area (Å²) < 4.78 is 26.1. The molecular weight excluding hydrogens is 528 g/mol. The predicted molar refractivity (Wildman–Crippen MR) is 164 cm³/mol. The Bertz CT molecular complexity index is 752. The molecule has 0 saturated heterocycles. The van der Waals surface area contributed by atoms with E-state index in [4.69, 9.17) is 30.4 Å². The maximum atomic E-state index is 12.4. The van der Waals surface area contributed by atoms with Gasteiger partial charge in [-0.15, -0.1) is 0 Å². The number of amides is 1. The molecule has 1 heterocycles. The Morgan fingerprint density at radius 1 is 0.927 bits per heavy atom. The molecule has 2 rings (SSSR count). The number of fused-ring (bicyclic) bond motifs is 1. The van der Waals surface area contributed by atoms with Crippen LogP contribution in [-0.4, -0.2) is 103 Å². The molecule has 0 unspecified atom stereocenters. The van der Waals surface area contributed by atoms with E-state index in [9.17, 15) is 9.59 Å². The van der Waals surface area contributed by atoms with Crippen LogP contribution in [0.5, 0.6) is 5.75 Å². The zero-order valence-electron chi connectivity index (χ0n) is 26.5. The van der Waals surface area contributed by atoms with Crippen LogP contribution in [0.15, 0.2) is 18.2 Å². The molecule has 1 aromatic rings. The van der Waals surface area contributed by atoms with Crippen molar-refractivity contribution in [3.63, 3.8) is 0 Å². The molecule has 1 aliphatic heterocycles. The van der Waals surface area contributed by atoms with E-state index in [1.807, 2.05) is 37.9 Å². The lowest BCUT2D eigenvalue weighted by Gasteiger charge is -2.21. The van der Waals surface area contributed by atoms with Crippen LogP contribution in [0.4, 0.5) is 0 Å². The highest BCUT2D eigenvalue weighted by atomic mass is 16.5. The fourth-order valence-corrected chi connectivity index (χ4v) is 3.30. The molecule has 0 saturated carbocycles. The van der Waals surface area contributed by atoms with Crippen molar-refractivity contribution in [2.45, 2.75) is 59.9 Å². The smallest absolute Gasteiger partial charge is 0.302 e. The molecule has 240 valence electrons. The van der Waals surface area contributed by atoms with Crippen LogP contribution in [0, 0.1) is 0 Å². The Hall–Kier alpha value is -2.28. The van der Waals surface area contributed by atoms with Crippen molar-refractivity contribution >= 4 is 11.9 Å². The van der Waals surface area contributed by atoms with E-state index in [1.165, 1.54) is 26.0 Å². The maximum Gasteiger partial charge on any atom is 0.302 e. The molecule has 1 aromatic carbocycles. The number of nitrogens with two attached hydrogens (primary N) is 2. The molecule has 0 bridgehead atoms. The second-order valence-corrected chi connectivity index (χ2v) is 8.66. The Kier molecular flexibility index (Phi) is 30.6. The second kappa shape index (κ2) is 30.7. The zero-order valence-corrected chi connectivity index (χ0v) is 26.5. The highest BCUT2D eigenvalue weighted by molar-refractivity contribution is 5.77. The van der Waals surface area contributed by atoms with E-state index in [0.29, 0.717) is 78.8 Å². The van der Waals surface area contributed by atoms with Crippen LogP contribution >= 0.6 is 0 Å². The topological polar surface area (TPSA) is 148 Å². The molecule has 0 fully saturated rings. The van der Waals surface area contributed by atoms with Crippen LogP contribution in [0.2, 0.25) is 0 Å². The van der Waals surface area contributed by atoms with Gasteiger partial charge in [0.15, 0.2) is 0 Å². The number of hydrogen-bond donors (Lipinski definition) is 3. The minimum Gasteiger partial charge on any atom is -0.494 e. The summed E-state index contributed by atoms with van der Waals surface area (Å²) in [7, 11) is 3.31. The van der Waals surface area contributed by atoms with Crippen molar-refractivity contribution in [2.75, 3.05) is 86.6 Å². The summed E-state index contributed by atoms with van der Waals surface area (Å²) in [4.78, 5) is 23.9. The standard InChI is InChI=1S/C21H35N3O5.C4H11N.C3H6O2.C2H6/c22-6-1-9-29-20-4-2-18-3-5-21(25)24(17-19(18)16-20)8-11-27-13-15-28-14-12-26-10-7-23;1-3-4-5-2;1-3(4)5-2;1-2/h2,4,16H,1,3,5-15,17,22-23H2;5H,3-4H2,1-2H3;1-2H3;1-2H3. The van der Waals surface area contributed by atoms with Crippen LogP contribution in [0.25, 0.3) is 0 Å². The first kappa shape index (κ1) is 40.9. The third-order valence-corrected chi connectivity index (χ3v) is 5.42. The number of methoxy groups -OCH3 is 1. The lowest BCUT2D eigenvalue weighted by molar-refractivity contribution is -0.138. The predicted octanol–water partition coefficient (Wildman–Crippen LogP) is 2.52. The molecule has 0 aliphatic carbocycles. The Morgan fingerprint density at radius 2 is 1.54 bits per heavy atom. The van der Waals surface area contributed by atoms with Gasteiger partial charge in [0.05, 0.1) is 53.4 Å². The number of aryl methyl sites for hydroxylation is 1. The largest absolute Gasteiger partial charge is 0.494 e. The zero-order chi connectivity index (χ0) is 31.1. The van der Waals surface area contributed by atoms with E-state index in [1.54, 1.807) is 0 Å². The van der Waals surface area contributed by atoms with Crippen molar-refractivity contribution in [1.82, 2.24) is 10.2 Å². The highest BCUT2D eigenvalue weighted by Crippen LogP contribution is 2.24. The maximum absolute atomic E-state index is 12.4. The highest BCUT2D eigenvalue weighted by Gasteiger charge is 2.20. The van der Waals surface area contributed by atoms with Gasteiger partial charge >= 0.3 is 5.97 Å². The third-order valence-electron chi connectivity index (χ3n) is 5.42. The number of nitrogens with one attached hydrogen (secondary N) is 1. The molecule has 1 amide bonds. The summed E-state index contributed by atoms with van der Waals surface area (Å²) in [5, 5.41) is 3.02. The molecule has 0 aromatic heterocycles. The number of carbonyl (C=O) groups is 2. The Labute approximate surface area is 248 Å². The van der Waals surface area contributed by atoms with Crippen molar-refractivity contribution in [3.05, 3.63) is 29.3 Å². The molecule has 41 heavy (non-hydrogen) atoms. The summed E-state index contributed by atoms with van der Waals surface area (Å²) in [6.07, 6.45) is 3.33. The first-order valence-electron chi connectivity index (χ1n) is 14.8. The van der Waals surface area contributed by atoms with E-state index in [0.717, 1.165) is 30.7 Å². The molecule has 1 aliphatic rings. The molecular formula is C30H58N4O7. The molecule has 0 atom stereocenters. The lowest BCUT2D eigenvalue weighted by atomic mass is 10.0. The van der Waals surface area contributed by atoms with Gasteiger partial charge in [-0.05, 0) is 62.7 Å². The molecule has 11 heteroatoms. The fourth-order valence-electron chi connectivity index (χ4n) is 3.30. The number of nitrogens with zero attached hydrogens (tertiary/aromatic N) is 1. The Balaban J connectivity index is 0. The average molecular weight is 587 g/mol. The van der Waals surface area contributed by atoms with Gasteiger partial charge in [-0.2, -0.15) is 0 Å². The molecule has 5 N–H and O–H groups in total. The van der Waals surface area contributed by atoms with E-state index < -0.39 is 0 Å². The van der Waals surface area contributed by atoms with E-state index in [2.05, 4.69) is 23.0 Å². The van der Waals surface area contributed by atoms with E-state index in [-0.39, 0.29) is 11.9 Å². The number of hydrogen-bond acceptors (Lipinski definition) is 10. The van der Waals surface area contributed by atoms with Gasteiger partial charge in [-0.1, -0.05) is 26.8 Å². The van der Waals surface area contributed by atoms with Crippen LogP contribution < -0.4 is 21.5 Å². The van der Waals surface area contributed by atoms with Crippen molar-refractivity contribution in [2.24, 2.45) is 11.5 Å². The average Bonchev–Trinajstić information content (AvgIpc) is 3.14. The van der Waals surface area contributed by atoms with Crippen molar-refractivity contribution < 1.29 is 33.3 Å². The number of esters is 1. The number of rotatable bonds is 17. The minimum absolute atomic E-state index is 0.156. The number of benzene rings is 1. The van der Waals surface area contributed by atoms with Gasteiger partial charge in [-0.3, -0.25) is 9.59 Å². The Morgan fingerprint density at radius 3 is 2.05 bits per heavy atom. The SMILES string of the molecule is CC.CCCNC.COC(C)=O.NCCCOc1ccc2c(c1)CN(CCOCCOCCOCCN)C(=O)CC2. The number of ether oxygens (including phenoxy) is 5. The van der Waals surface area contributed by atoms with Gasteiger partial charge in [0, 0.05) is 33.0 Å². The summed E-state index contributed by atoms with van der Waals surface area (Å²) in [5.41, 5.74) is 13.2.